The molecular weight excluding hydrogens is 660 g/mol. The van der Waals surface area contributed by atoms with Gasteiger partial charge < -0.3 is 65.0 Å². The van der Waals surface area contributed by atoms with Crippen LogP contribution in [0.25, 0.3) is 0 Å². The van der Waals surface area contributed by atoms with Crippen molar-refractivity contribution in [3.63, 3.8) is 0 Å². The van der Waals surface area contributed by atoms with Gasteiger partial charge in [-0.2, -0.15) is 0 Å². The summed E-state index contributed by atoms with van der Waals surface area (Å²) in [6.45, 7) is 0.236. The monoisotopic (exact) mass is 702 g/mol. The van der Waals surface area contributed by atoms with Crippen molar-refractivity contribution in [3.8, 4) is 23.8 Å². The van der Waals surface area contributed by atoms with Crippen LogP contribution in [0.5, 0.6) is 11.5 Å². The molecule has 10 atom stereocenters. The molecule has 8 N–H and O–H groups in total. The number of benzene rings is 2. The molecule has 0 saturated carbocycles. The van der Waals surface area contributed by atoms with Crippen molar-refractivity contribution in [2.24, 2.45) is 0 Å². The zero-order valence-corrected chi connectivity index (χ0v) is 27.2. The average Bonchev–Trinajstić information content (AvgIpc) is 3.09. The molecule has 2 aliphatic heterocycles. The molecule has 2 amide bonds. The van der Waals surface area contributed by atoms with Crippen molar-refractivity contribution in [3.05, 3.63) is 60.2 Å². The average molecular weight is 703 g/mol. The van der Waals surface area contributed by atoms with Crippen LogP contribution in [0.4, 0.5) is 0 Å². The lowest BCUT2D eigenvalue weighted by Gasteiger charge is -2.47. The molecule has 0 radical (unpaired) electrons. The van der Waals surface area contributed by atoms with Gasteiger partial charge in [0.25, 0.3) is 11.7 Å². The van der Waals surface area contributed by atoms with Crippen LogP contribution in [-0.4, -0.2) is 129 Å². The Balaban J connectivity index is 1.43. The summed E-state index contributed by atoms with van der Waals surface area (Å²) >= 11 is 0. The van der Waals surface area contributed by atoms with E-state index in [0.29, 0.717) is 11.5 Å². The second-order valence-corrected chi connectivity index (χ2v) is 11.8. The minimum Gasteiger partial charge on any atom is -0.477 e. The maximum Gasteiger partial charge on any atom is 0.364 e. The fourth-order valence-electron chi connectivity index (χ4n) is 5.55. The van der Waals surface area contributed by atoms with Crippen molar-refractivity contribution in [2.45, 2.75) is 87.0 Å². The standard InChI is InChI=1S/C34H42N2O14/c1-3-4-15-46-32-29(42)28(41)27(40)25(49-32)18-47-34(33(44)45)17-24(39)26(36-19(2)37)30(50-34)23(38)13-14-35-31(43)20-9-8-12-22(16-20)48-21-10-6-5-7-11-21/h1,5-12,16,23-30,32,38-42H,4,13-15,17-18H2,2H3,(H,35,43)(H,36,37)(H,44,45)/t23-,24+,25-,26-,27+,28+,29-,30+,32-,34+/m1/s1. The van der Waals surface area contributed by atoms with E-state index >= 15 is 0 Å². The smallest absolute Gasteiger partial charge is 0.364 e. The Labute approximate surface area is 287 Å². The molecule has 16 heteroatoms. The number of carboxylic acids is 1. The van der Waals surface area contributed by atoms with Crippen LogP contribution < -0.4 is 15.4 Å². The number of rotatable bonds is 15. The second-order valence-electron chi connectivity index (χ2n) is 11.8. The highest BCUT2D eigenvalue weighted by atomic mass is 16.7. The minimum absolute atomic E-state index is 0.0530. The summed E-state index contributed by atoms with van der Waals surface area (Å²) in [5.74, 6) is -2.13. The molecule has 272 valence electrons. The quantitative estimate of drug-likeness (QED) is 0.0843. The van der Waals surface area contributed by atoms with Gasteiger partial charge in [0.05, 0.1) is 31.5 Å². The number of para-hydroxylation sites is 1. The molecule has 0 spiro atoms. The third-order valence-corrected chi connectivity index (χ3v) is 8.13. The van der Waals surface area contributed by atoms with E-state index in [4.69, 9.17) is 30.1 Å². The normalized spacial score (nSPS) is 30.0. The van der Waals surface area contributed by atoms with Crippen LogP contribution in [0.2, 0.25) is 0 Å². The molecule has 2 aromatic rings. The number of hydrogen-bond acceptors (Lipinski definition) is 13. The van der Waals surface area contributed by atoms with Crippen LogP contribution in [0, 0.1) is 12.3 Å². The van der Waals surface area contributed by atoms with E-state index in [1.54, 1.807) is 42.5 Å². The first kappa shape index (κ1) is 38.6. The van der Waals surface area contributed by atoms with Gasteiger partial charge in [0, 0.05) is 31.9 Å². The molecule has 2 aliphatic rings. The van der Waals surface area contributed by atoms with E-state index in [9.17, 15) is 45.0 Å². The van der Waals surface area contributed by atoms with Gasteiger partial charge in [-0.05, 0) is 36.8 Å². The van der Waals surface area contributed by atoms with Gasteiger partial charge in [-0.15, -0.1) is 12.3 Å². The predicted octanol–water partition coefficient (Wildman–Crippen LogP) is -0.741. The zero-order valence-electron chi connectivity index (χ0n) is 27.2. The summed E-state index contributed by atoms with van der Waals surface area (Å²) in [5.41, 5.74) is 0.264. The molecule has 16 nitrogen and oxygen atoms in total. The summed E-state index contributed by atoms with van der Waals surface area (Å²) in [5, 5.41) is 68.6. The molecule has 2 heterocycles. The number of carbonyl (C=O) groups excluding carboxylic acids is 2. The molecule has 0 aliphatic carbocycles. The number of aliphatic hydroxyl groups is 5. The Hall–Kier alpha value is -4.15. The van der Waals surface area contributed by atoms with Gasteiger partial charge in [0.15, 0.2) is 6.29 Å². The largest absolute Gasteiger partial charge is 0.477 e. The third-order valence-electron chi connectivity index (χ3n) is 8.13. The molecule has 2 saturated heterocycles. The SMILES string of the molecule is C#CCCO[C@@H]1O[C@H](CO[C@@]2(C(=O)O)C[C@H](O)[C@@H](NC(C)=O)[C@H]([C@H](O)CCNC(=O)c3cccc(Oc4ccccc4)c3)O2)[C@H](O)[C@H](O)[C@H]1O. The summed E-state index contributed by atoms with van der Waals surface area (Å²) in [6, 6.07) is 14.1. The highest BCUT2D eigenvalue weighted by Crippen LogP contribution is 2.35. The number of nitrogens with one attached hydrogen (secondary N) is 2. The Morgan fingerprint density at radius 1 is 1.04 bits per heavy atom. The van der Waals surface area contributed by atoms with E-state index in [2.05, 4.69) is 16.6 Å². The van der Waals surface area contributed by atoms with Gasteiger partial charge in [0.2, 0.25) is 5.91 Å². The topological polar surface area (TPSA) is 243 Å². The van der Waals surface area contributed by atoms with E-state index in [0.717, 1.165) is 6.92 Å². The van der Waals surface area contributed by atoms with E-state index < -0.39 is 91.7 Å². The Kier molecular flexibility index (Phi) is 13.7. The number of hydrogen-bond donors (Lipinski definition) is 8. The van der Waals surface area contributed by atoms with Gasteiger partial charge in [0.1, 0.15) is 42.0 Å². The van der Waals surface area contributed by atoms with Crippen LogP contribution in [0.1, 0.15) is 36.5 Å². The zero-order chi connectivity index (χ0) is 36.4. The highest BCUT2D eigenvalue weighted by Gasteiger charge is 2.56. The first-order valence-corrected chi connectivity index (χ1v) is 15.9. The maximum atomic E-state index is 12.9. The van der Waals surface area contributed by atoms with Crippen LogP contribution in [-0.2, 0) is 28.5 Å². The number of carbonyl (C=O) groups is 3. The number of amides is 2. The van der Waals surface area contributed by atoms with E-state index in [-0.39, 0.29) is 31.6 Å². The number of terminal acetylenes is 1. The number of aliphatic hydroxyl groups excluding tert-OH is 5. The highest BCUT2D eigenvalue weighted by molar-refractivity contribution is 5.94. The summed E-state index contributed by atoms with van der Waals surface area (Å²) < 4.78 is 28.0. The molecule has 0 aromatic heterocycles. The summed E-state index contributed by atoms with van der Waals surface area (Å²) in [4.78, 5) is 37.5. The Morgan fingerprint density at radius 2 is 1.76 bits per heavy atom. The van der Waals surface area contributed by atoms with Crippen molar-refractivity contribution in [1.29, 1.82) is 0 Å². The molecular formula is C34H42N2O14. The van der Waals surface area contributed by atoms with Crippen LogP contribution in [0.15, 0.2) is 54.6 Å². The second kappa shape index (κ2) is 17.7. The lowest BCUT2D eigenvalue weighted by molar-refractivity contribution is -0.336. The van der Waals surface area contributed by atoms with Gasteiger partial charge >= 0.3 is 5.97 Å². The first-order chi connectivity index (χ1) is 23.8. The fourth-order valence-corrected chi connectivity index (χ4v) is 5.55. The minimum atomic E-state index is -2.63. The lowest BCUT2D eigenvalue weighted by Crippen LogP contribution is -2.67. The van der Waals surface area contributed by atoms with Crippen molar-refractivity contribution < 1.29 is 68.7 Å². The molecule has 0 unspecified atom stereocenters. The Bertz CT molecular complexity index is 1490. The maximum absolute atomic E-state index is 12.9. The molecule has 0 bridgehead atoms. The molecule has 4 rings (SSSR count). The fraction of sp³-hybridized carbons (Fsp3) is 0.500. The molecule has 50 heavy (non-hydrogen) atoms. The van der Waals surface area contributed by atoms with Crippen molar-refractivity contribution >= 4 is 17.8 Å². The molecule has 2 aromatic carbocycles. The number of ether oxygens (including phenoxy) is 5. The molecule has 2 fully saturated rings. The Morgan fingerprint density at radius 3 is 2.44 bits per heavy atom. The van der Waals surface area contributed by atoms with Crippen molar-refractivity contribution in [2.75, 3.05) is 19.8 Å². The van der Waals surface area contributed by atoms with Gasteiger partial charge in [-0.1, -0.05) is 24.3 Å². The van der Waals surface area contributed by atoms with Crippen molar-refractivity contribution in [1.82, 2.24) is 10.6 Å². The van der Waals surface area contributed by atoms with E-state index in [1.165, 1.54) is 6.07 Å². The van der Waals surface area contributed by atoms with Gasteiger partial charge in [-0.3, -0.25) is 9.59 Å². The summed E-state index contributed by atoms with van der Waals surface area (Å²) in [6.07, 6.45) is -8.38. The third kappa shape index (κ3) is 9.75. The van der Waals surface area contributed by atoms with E-state index in [1.807, 2.05) is 6.07 Å². The predicted molar refractivity (Wildman–Crippen MR) is 171 cm³/mol. The number of aliphatic carboxylic acids is 1. The van der Waals surface area contributed by atoms with Gasteiger partial charge in [-0.25, -0.2) is 4.79 Å². The number of carboxylic acid groups (broad SMARTS) is 1. The lowest BCUT2D eigenvalue weighted by atomic mass is 9.89. The van der Waals surface area contributed by atoms with Crippen LogP contribution in [0.3, 0.4) is 0 Å². The van der Waals surface area contributed by atoms with Crippen LogP contribution >= 0.6 is 0 Å². The first-order valence-electron chi connectivity index (χ1n) is 15.9. The summed E-state index contributed by atoms with van der Waals surface area (Å²) in [7, 11) is 0.